The largest absolute Gasteiger partial charge is 0.424 e. The van der Waals surface area contributed by atoms with E-state index in [0.717, 1.165) is 0 Å². The highest BCUT2D eigenvalue weighted by Gasteiger charge is 2.10. The van der Waals surface area contributed by atoms with E-state index in [0.29, 0.717) is 5.69 Å². The number of hydrogen-bond donors (Lipinski definition) is 2. The number of rotatable bonds is 4. The van der Waals surface area contributed by atoms with Crippen LogP contribution in [0.15, 0.2) is 30.3 Å². The third-order valence-corrected chi connectivity index (χ3v) is 2.35. The molecule has 0 fully saturated rings. The predicted octanol–water partition coefficient (Wildman–Crippen LogP) is 1.77. The van der Waals surface area contributed by atoms with Crippen molar-refractivity contribution < 1.29 is 9.66 Å². The molecule has 0 aliphatic carbocycles. The zero-order valence-electron chi connectivity index (χ0n) is 10.5. The Balaban J connectivity index is 2.32. The van der Waals surface area contributed by atoms with E-state index in [1.54, 1.807) is 19.1 Å². The van der Waals surface area contributed by atoms with Crippen LogP contribution >= 0.6 is 0 Å². The second kappa shape index (κ2) is 5.31. The molecule has 0 saturated heterocycles. The number of non-ortho nitro benzene ring substituents is 1. The van der Waals surface area contributed by atoms with Gasteiger partial charge in [-0.1, -0.05) is 6.07 Å². The lowest BCUT2D eigenvalue weighted by atomic mass is 10.3. The summed E-state index contributed by atoms with van der Waals surface area (Å²) in [5, 5.41) is 18.0. The van der Waals surface area contributed by atoms with Crippen LogP contribution in [0.2, 0.25) is 0 Å². The first-order valence-electron chi connectivity index (χ1n) is 5.58. The number of nitrogens with one attached hydrogen (secondary N) is 1. The Bertz CT molecular complexity index is 687. The van der Waals surface area contributed by atoms with Crippen LogP contribution in [0.25, 0.3) is 0 Å². The van der Waals surface area contributed by atoms with Crippen LogP contribution < -0.4 is 10.5 Å². The lowest BCUT2D eigenvalue weighted by Gasteiger charge is -2.06. The molecule has 0 aliphatic heterocycles. The topological polar surface area (TPSA) is 128 Å². The Morgan fingerprint density at radius 1 is 1.40 bits per heavy atom. The third-order valence-electron chi connectivity index (χ3n) is 2.35. The molecule has 0 aliphatic rings. The van der Waals surface area contributed by atoms with Crippen LogP contribution in [-0.2, 0) is 0 Å². The highest BCUT2D eigenvalue weighted by molar-refractivity contribution is 5.93. The average Bonchev–Trinajstić information content (AvgIpc) is 2.38. The SMILES string of the molecule is Cc1cc(C(=N)N)nc(Oc2cccc([N+](=O)[O-])c2)n1. The summed E-state index contributed by atoms with van der Waals surface area (Å²) in [4.78, 5) is 18.1. The van der Waals surface area contributed by atoms with Crippen molar-refractivity contribution in [2.45, 2.75) is 6.92 Å². The van der Waals surface area contributed by atoms with Crippen LogP contribution in [-0.4, -0.2) is 20.7 Å². The van der Waals surface area contributed by atoms with Crippen LogP contribution in [0.5, 0.6) is 11.8 Å². The molecule has 0 atom stereocenters. The van der Waals surface area contributed by atoms with Gasteiger partial charge in [-0.15, -0.1) is 0 Å². The number of aryl methyl sites for hydroxylation is 1. The number of nitro benzene ring substituents is 1. The Morgan fingerprint density at radius 2 is 2.15 bits per heavy atom. The molecule has 0 amide bonds. The molecule has 2 aromatic rings. The summed E-state index contributed by atoms with van der Waals surface area (Å²) < 4.78 is 5.36. The summed E-state index contributed by atoms with van der Waals surface area (Å²) in [6.45, 7) is 1.70. The minimum Gasteiger partial charge on any atom is -0.424 e. The zero-order valence-corrected chi connectivity index (χ0v) is 10.5. The van der Waals surface area contributed by atoms with E-state index in [9.17, 15) is 10.1 Å². The fourth-order valence-corrected chi connectivity index (χ4v) is 1.49. The van der Waals surface area contributed by atoms with Gasteiger partial charge >= 0.3 is 6.01 Å². The molecule has 1 heterocycles. The second-order valence-corrected chi connectivity index (χ2v) is 3.95. The molecule has 1 aromatic heterocycles. The summed E-state index contributed by atoms with van der Waals surface area (Å²) in [5.74, 6) is 0.0266. The Labute approximate surface area is 113 Å². The second-order valence-electron chi connectivity index (χ2n) is 3.95. The number of amidine groups is 1. The number of nitrogens with two attached hydrogens (primary N) is 1. The molecule has 0 spiro atoms. The predicted molar refractivity (Wildman–Crippen MR) is 71.0 cm³/mol. The molecular weight excluding hydrogens is 262 g/mol. The number of hydrogen-bond acceptors (Lipinski definition) is 6. The standard InChI is InChI=1S/C12H11N5O3/c1-7-5-10(11(13)14)16-12(15-7)20-9-4-2-3-8(6-9)17(18)19/h2-6H,1H3,(H3,13,14). The minimum absolute atomic E-state index is 0.0179. The molecule has 2 rings (SSSR count). The fraction of sp³-hybridized carbons (Fsp3) is 0.0833. The lowest BCUT2D eigenvalue weighted by molar-refractivity contribution is -0.384. The molecule has 8 heteroatoms. The van der Waals surface area contributed by atoms with Crippen molar-refractivity contribution in [3.05, 3.63) is 51.8 Å². The third kappa shape index (κ3) is 3.05. The molecule has 20 heavy (non-hydrogen) atoms. The maximum absolute atomic E-state index is 10.7. The molecule has 3 N–H and O–H groups in total. The molecule has 0 unspecified atom stereocenters. The Kier molecular flexibility index (Phi) is 3.56. The first kappa shape index (κ1) is 13.4. The maximum atomic E-state index is 10.7. The molecular formula is C12H11N5O3. The van der Waals surface area contributed by atoms with E-state index in [-0.39, 0.29) is 29.0 Å². The van der Waals surface area contributed by atoms with E-state index in [4.69, 9.17) is 15.9 Å². The van der Waals surface area contributed by atoms with Gasteiger partial charge in [-0.25, -0.2) is 4.98 Å². The molecule has 0 radical (unpaired) electrons. The van der Waals surface area contributed by atoms with Crippen molar-refractivity contribution in [3.63, 3.8) is 0 Å². The van der Waals surface area contributed by atoms with Gasteiger partial charge in [-0.3, -0.25) is 15.5 Å². The maximum Gasteiger partial charge on any atom is 0.322 e. The fourth-order valence-electron chi connectivity index (χ4n) is 1.49. The van der Waals surface area contributed by atoms with Crippen LogP contribution in [0.3, 0.4) is 0 Å². The van der Waals surface area contributed by atoms with E-state index < -0.39 is 4.92 Å². The van der Waals surface area contributed by atoms with Crippen molar-refractivity contribution >= 4 is 11.5 Å². The summed E-state index contributed by atoms with van der Waals surface area (Å²) in [6, 6.07) is 7.18. The summed E-state index contributed by atoms with van der Waals surface area (Å²) in [7, 11) is 0. The van der Waals surface area contributed by atoms with Crippen molar-refractivity contribution in [3.8, 4) is 11.8 Å². The average molecular weight is 273 g/mol. The number of nitrogen functional groups attached to an aromatic ring is 1. The molecule has 1 aromatic carbocycles. The van der Waals surface area contributed by atoms with Gasteiger partial charge in [0.1, 0.15) is 17.3 Å². The van der Waals surface area contributed by atoms with Gasteiger partial charge in [0, 0.05) is 11.8 Å². The van der Waals surface area contributed by atoms with E-state index >= 15 is 0 Å². The number of aromatic nitrogens is 2. The highest BCUT2D eigenvalue weighted by Crippen LogP contribution is 2.23. The quantitative estimate of drug-likeness (QED) is 0.378. The van der Waals surface area contributed by atoms with E-state index in [1.807, 2.05) is 0 Å². The Hall–Kier alpha value is -3.03. The minimum atomic E-state index is -0.523. The van der Waals surface area contributed by atoms with E-state index in [1.165, 1.54) is 18.2 Å². The summed E-state index contributed by atoms with van der Waals surface area (Å²) in [6.07, 6.45) is 0. The molecule has 8 nitrogen and oxygen atoms in total. The monoisotopic (exact) mass is 273 g/mol. The van der Waals surface area contributed by atoms with Crippen LogP contribution in [0.4, 0.5) is 5.69 Å². The summed E-state index contributed by atoms with van der Waals surface area (Å²) in [5.41, 5.74) is 6.07. The van der Waals surface area contributed by atoms with Gasteiger partial charge in [0.2, 0.25) is 0 Å². The van der Waals surface area contributed by atoms with Crippen LogP contribution in [0, 0.1) is 22.4 Å². The Morgan fingerprint density at radius 3 is 2.80 bits per heavy atom. The van der Waals surface area contributed by atoms with Crippen molar-refractivity contribution in [2.24, 2.45) is 5.73 Å². The molecule has 0 bridgehead atoms. The van der Waals surface area contributed by atoms with Gasteiger partial charge in [0.25, 0.3) is 5.69 Å². The molecule has 102 valence electrons. The zero-order chi connectivity index (χ0) is 14.7. The smallest absolute Gasteiger partial charge is 0.322 e. The number of benzene rings is 1. The number of nitrogens with zero attached hydrogens (tertiary/aromatic N) is 3. The van der Waals surface area contributed by atoms with E-state index in [2.05, 4.69) is 9.97 Å². The summed E-state index contributed by atoms with van der Waals surface area (Å²) >= 11 is 0. The van der Waals surface area contributed by atoms with Crippen molar-refractivity contribution in [2.75, 3.05) is 0 Å². The first-order valence-corrected chi connectivity index (χ1v) is 5.58. The first-order chi connectivity index (χ1) is 9.45. The van der Waals surface area contributed by atoms with Crippen molar-refractivity contribution in [1.82, 2.24) is 9.97 Å². The van der Waals surface area contributed by atoms with Gasteiger partial charge < -0.3 is 10.5 Å². The van der Waals surface area contributed by atoms with Crippen LogP contribution in [0.1, 0.15) is 11.4 Å². The van der Waals surface area contributed by atoms with Gasteiger partial charge in [-0.05, 0) is 19.1 Å². The normalized spacial score (nSPS) is 10.1. The highest BCUT2D eigenvalue weighted by atomic mass is 16.6. The number of ether oxygens (including phenoxy) is 1. The lowest BCUT2D eigenvalue weighted by Crippen LogP contribution is -2.14. The number of nitro groups is 1. The molecule has 0 saturated carbocycles. The van der Waals surface area contributed by atoms with Gasteiger partial charge in [0.15, 0.2) is 0 Å². The van der Waals surface area contributed by atoms with Crippen molar-refractivity contribution in [1.29, 1.82) is 5.41 Å². The van der Waals surface area contributed by atoms with Gasteiger partial charge in [-0.2, -0.15) is 4.98 Å². The van der Waals surface area contributed by atoms with Gasteiger partial charge in [0.05, 0.1) is 11.0 Å².